The number of rotatable bonds is 4. The Hall–Kier alpha value is -1.09. The number of halogens is 1. The van der Waals surface area contributed by atoms with E-state index < -0.39 is 0 Å². The predicted octanol–water partition coefficient (Wildman–Crippen LogP) is 4.02. The van der Waals surface area contributed by atoms with E-state index in [4.69, 9.17) is 0 Å². The van der Waals surface area contributed by atoms with Crippen LogP contribution in [-0.2, 0) is 0 Å². The minimum atomic E-state index is -0.0653. The average molecular weight is 276 g/mol. The van der Waals surface area contributed by atoms with E-state index in [0.29, 0.717) is 6.04 Å². The second kappa shape index (κ2) is 6.13. The molecular weight excluding hydrogens is 251 g/mol. The van der Waals surface area contributed by atoms with E-state index in [9.17, 15) is 4.39 Å². The normalized spacial score (nSPS) is 21.6. The smallest absolute Gasteiger partial charge is 0.146 e. The van der Waals surface area contributed by atoms with Gasteiger partial charge in [0.05, 0.1) is 5.69 Å². The van der Waals surface area contributed by atoms with E-state index in [1.165, 1.54) is 38.5 Å². The summed E-state index contributed by atoms with van der Waals surface area (Å²) < 4.78 is 14.3. The first kappa shape index (κ1) is 13.9. The van der Waals surface area contributed by atoms with Crippen molar-refractivity contribution in [2.24, 2.45) is 0 Å². The van der Waals surface area contributed by atoms with Crippen LogP contribution >= 0.6 is 0 Å². The quantitative estimate of drug-likeness (QED) is 0.893. The maximum absolute atomic E-state index is 14.3. The van der Waals surface area contributed by atoms with Crippen molar-refractivity contribution in [3.63, 3.8) is 0 Å². The van der Waals surface area contributed by atoms with Crippen molar-refractivity contribution in [3.05, 3.63) is 29.6 Å². The van der Waals surface area contributed by atoms with Crippen LogP contribution in [0.4, 0.5) is 10.1 Å². The highest BCUT2D eigenvalue weighted by molar-refractivity contribution is 5.50. The zero-order valence-electron chi connectivity index (χ0n) is 12.4. The number of nitrogens with one attached hydrogen (secondary N) is 1. The third-order valence-corrected chi connectivity index (χ3v) is 4.76. The number of hydrogen-bond acceptors (Lipinski definition) is 2. The summed E-state index contributed by atoms with van der Waals surface area (Å²) in [5.41, 5.74) is 1.84. The first-order valence-corrected chi connectivity index (χ1v) is 8.04. The molecule has 3 rings (SSSR count). The van der Waals surface area contributed by atoms with Crippen molar-refractivity contribution in [3.8, 4) is 0 Å². The zero-order valence-corrected chi connectivity index (χ0v) is 12.4. The summed E-state index contributed by atoms with van der Waals surface area (Å²) in [4.78, 5) is 2.16. The Morgan fingerprint density at radius 3 is 2.50 bits per heavy atom. The molecule has 3 heteroatoms. The van der Waals surface area contributed by atoms with Gasteiger partial charge in [0.15, 0.2) is 0 Å². The summed E-state index contributed by atoms with van der Waals surface area (Å²) in [5, 5.41) is 3.63. The molecule has 20 heavy (non-hydrogen) atoms. The summed E-state index contributed by atoms with van der Waals surface area (Å²) in [5.74, 6) is -0.0653. The summed E-state index contributed by atoms with van der Waals surface area (Å²) in [6, 6.07) is 6.62. The highest BCUT2D eigenvalue weighted by Gasteiger charge is 2.20. The molecule has 0 aromatic heterocycles. The van der Waals surface area contributed by atoms with Crippen LogP contribution in [0.25, 0.3) is 0 Å². The molecule has 1 heterocycles. The summed E-state index contributed by atoms with van der Waals surface area (Å²) in [6.07, 6.45) is 7.54. The van der Waals surface area contributed by atoms with Gasteiger partial charge in [-0.05, 0) is 50.3 Å². The highest BCUT2D eigenvalue weighted by Crippen LogP contribution is 2.27. The molecular formula is C17H25FN2. The molecule has 2 nitrogen and oxygen atoms in total. The van der Waals surface area contributed by atoms with Crippen LogP contribution < -0.4 is 10.2 Å². The molecule has 1 aliphatic heterocycles. The molecule has 0 unspecified atom stereocenters. The summed E-state index contributed by atoms with van der Waals surface area (Å²) >= 11 is 0. The first-order chi connectivity index (χ1) is 9.74. The minimum Gasteiger partial charge on any atom is -0.369 e. The lowest BCUT2D eigenvalue weighted by molar-refractivity contribution is 0.459. The molecule has 2 aliphatic rings. The molecule has 0 radical (unpaired) electrons. The van der Waals surface area contributed by atoms with Crippen LogP contribution in [0.5, 0.6) is 0 Å². The largest absolute Gasteiger partial charge is 0.369 e. The second-order valence-electron chi connectivity index (χ2n) is 6.27. The predicted molar refractivity (Wildman–Crippen MR) is 81.7 cm³/mol. The second-order valence-corrected chi connectivity index (χ2v) is 6.27. The fraction of sp³-hybridized carbons (Fsp3) is 0.647. The Labute approximate surface area is 121 Å². The Balaban J connectivity index is 1.68. The van der Waals surface area contributed by atoms with Gasteiger partial charge < -0.3 is 10.2 Å². The van der Waals surface area contributed by atoms with Crippen LogP contribution in [-0.4, -0.2) is 19.1 Å². The Kier molecular flexibility index (Phi) is 4.25. The van der Waals surface area contributed by atoms with Crippen molar-refractivity contribution < 1.29 is 4.39 Å². The van der Waals surface area contributed by atoms with Crippen LogP contribution in [0.3, 0.4) is 0 Å². The van der Waals surface area contributed by atoms with Gasteiger partial charge in [-0.2, -0.15) is 0 Å². The molecule has 0 amide bonds. The van der Waals surface area contributed by atoms with E-state index in [0.717, 1.165) is 24.3 Å². The van der Waals surface area contributed by atoms with Gasteiger partial charge in [-0.15, -0.1) is 0 Å². The van der Waals surface area contributed by atoms with E-state index >= 15 is 0 Å². The van der Waals surface area contributed by atoms with Gasteiger partial charge in [0.1, 0.15) is 5.82 Å². The van der Waals surface area contributed by atoms with E-state index in [2.05, 4.69) is 23.2 Å². The summed E-state index contributed by atoms with van der Waals surface area (Å²) in [6.45, 7) is 4.13. The van der Waals surface area contributed by atoms with Gasteiger partial charge in [-0.1, -0.05) is 18.9 Å². The van der Waals surface area contributed by atoms with Gasteiger partial charge in [0.2, 0.25) is 0 Å². The highest BCUT2D eigenvalue weighted by atomic mass is 19.1. The molecule has 1 saturated carbocycles. The average Bonchev–Trinajstić information content (AvgIpc) is 3.11. The lowest BCUT2D eigenvalue weighted by Crippen LogP contribution is -2.29. The molecule has 1 atom stereocenters. The fourth-order valence-corrected chi connectivity index (χ4v) is 3.55. The maximum Gasteiger partial charge on any atom is 0.146 e. The van der Waals surface area contributed by atoms with Crippen molar-refractivity contribution in [1.29, 1.82) is 0 Å². The first-order valence-electron chi connectivity index (χ1n) is 8.04. The monoisotopic (exact) mass is 276 g/mol. The molecule has 0 spiro atoms. The third-order valence-electron chi connectivity index (χ3n) is 4.76. The van der Waals surface area contributed by atoms with Crippen LogP contribution in [0.1, 0.15) is 57.1 Å². The van der Waals surface area contributed by atoms with E-state index in [1.807, 2.05) is 6.07 Å². The molecule has 2 fully saturated rings. The van der Waals surface area contributed by atoms with Crippen molar-refractivity contribution >= 4 is 5.69 Å². The van der Waals surface area contributed by atoms with Gasteiger partial charge in [-0.25, -0.2) is 4.39 Å². The Morgan fingerprint density at radius 1 is 1.15 bits per heavy atom. The van der Waals surface area contributed by atoms with Crippen molar-refractivity contribution in [2.75, 3.05) is 18.0 Å². The lowest BCUT2D eigenvalue weighted by atomic mass is 10.1. The van der Waals surface area contributed by atoms with E-state index in [-0.39, 0.29) is 11.9 Å². The molecule has 0 bridgehead atoms. The molecule has 1 aromatic rings. The molecule has 110 valence electrons. The summed E-state index contributed by atoms with van der Waals surface area (Å²) in [7, 11) is 0. The van der Waals surface area contributed by atoms with Crippen molar-refractivity contribution in [1.82, 2.24) is 5.32 Å². The maximum atomic E-state index is 14.3. The fourth-order valence-electron chi connectivity index (χ4n) is 3.55. The lowest BCUT2D eigenvalue weighted by Gasteiger charge is -2.22. The molecule has 1 N–H and O–H groups in total. The van der Waals surface area contributed by atoms with Crippen LogP contribution in [0.15, 0.2) is 18.2 Å². The van der Waals surface area contributed by atoms with Gasteiger partial charge in [0.25, 0.3) is 0 Å². The molecule has 1 saturated heterocycles. The number of anilines is 1. The van der Waals surface area contributed by atoms with Crippen molar-refractivity contribution in [2.45, 2.75) is 57.5 Å². The molecule has 1 aliphatic carbocycles. The third kappa shape index (κ3) is 2.98. The topological polar surface area (TPSA) is 15.3 Å². The van der Waals surface area contributed by atoms with Gasteiger partial charge in [0, 0.05) is 25.2 Å². The standard InChI is InChI=1S/C17H25FN2/c1-13(19-15-6-2-3-7-15)14-8-9-17(16(18)12-14)20-10-4-5-11-20/h8-9,12-13,15,19H,2-7,10-11H2,1H3/t13-/m1/s1. The number of hydrogen-bond donors (Lipinski definition) is 1. The minimum absolute atomic E-state index is 0.0653. The Morgan fingerprint density at radius 2 is 1.85 bits per heavy atom. The van der Waals surface area contributed by atoms with Crippen LogP contribution in [0.2, 0.25) is 0 Å². The SMILES string of the molecule is C[C@@H](NC1CCCC1)c1ccc(N2CCCC2)c(F)c1. The van der Waals surface area contributed by atoms with Gasteiger partial charge >= 0.3 is 0 Å². The number of nitrogens with zero attached hydrogens (tertiary/aromatic N) is 1. The zero-order chi connectivity index (χ0) is 13.9. The van der Waals surface area contributed by atoms with E-state index in [1.54, 1.807) is 6.07 Å². The Bertz CT molecular complexity index is 448. The molecule has 1 aromatic carbocycles. The van der Waals surface area contributed by atoms with Gasteiger partial charge in [-0.3, -0.25) is 0 Å². The number of benzene rings is 1. The van der Waals surface area contributed by atoms with Crippen LogP contribution in [0, 0.1) is 5.82 Å².